The van der Waals surface area contributed by atoms with Crippen LogP contribution in [0.1, 0.15) is 27.0 Å². The van der Waals surface area contributed by atoms with Crippen molar-refractivity contribution in [3.05, 3.63) is 64.7 Å². The van der Waals surface area contributed by atoms with Crippen molar-refractivity contribution >= 4 is 11.6 Å². The number of hydrogen-bond donors (Lipinski definition) is 2. The minimum absolute atomic E-state index is 0.0850. The van der Waals surface area contributed by atoms with Gasteiger partial charge in [0.2, 0.25) is 0 Å². The maximum absolute atomic E-state index is 11.9. The monoisotopic (exact) mass is 254 g/mol. The van der Waals surface area contributed by atoms with Gasteiger partial charge in [-0.1, -0.05) is 18.2 Å². The molecule has 0 aliphatic rings. The predicted octanol–water partition coefficient (Wildman–Crippen LogP) is 2.82. The summed E-state index contributed by atoms with van der Waals surface area (Å²) in [6.07, 6.45) is 0. The van der Waals surface area contributed by atoms with Crippen molar-refractivity contribution in [3.8, 4) is 0 Å². The van der Waals surface area contributed by atoms with E-state index in [0.717, 1.165) is 5.56 Å². The molecule has 0 saturated carbocycles. The Bertz CT molecular complexity index is 588. The van der Waals surface area contributed by atoms with E-state index >= 15 is 0 Å². The van der Waals surface area contributed by atoms with Crippen LogP contribution in [0.15, 0.2) is 42.5 Å². The molecule has 0 atom stereocenters. The number of hydrogen-bond acceptors (Lipinski definition) is 2. The van der Waals surface area contributed by atoms with Gasteiger partial charge in [0.15, 0.2) is 0 Å². The molecule has 0 aliphatic carbocycles. The van der Waals surface area contributed by atoms with Gasteiger partial charge in [-0.15, -0.1) is 0 Å². The fraction of sp³-hybridized carbons (Fsp3) is 0.188. The minimum Gasteiger partial charge on any atom is -0.399 e. The Morgan fingerprint density at radius 2 is 1.74 bits per heavy atom. The van der Waals surface area contributed by atoms with Crippen molar-refractivity contribution in [2.75, 3.05) is 5.73 Å². The highest BCUT2D eigenvalue weighted by Crippen LogP contribution is 2.10. The Labute approximate surface area is 113 Å². The van der Waals surface area contributed by atoms with Crippen molar-refractivity contribution in [1.29, 1.82) is 0 Å². The van der Waals surface area contributed by atoms with Crippen LogP contribution < -0.4 is 11.1 Å². The lowest BCUT2D eigenvalue weighted by atomic mass is 10.1. The quantitative estimate of drug-likeness (QED) is 0.827. The van der Waals surface area contributed by atoms with Crippen molar-refractivity contribution in [1.82, 2.24) is 5.32 Å². The van der Waals surface area contributed by atoms with Crippen molar-refractivity contribution in [2.45, 2.75) is 20.4 Å². The molecule has 3 nitrogen and oxygen atoms in total. The Kier molecular flexibility index (Phi) is 3.85. The molecule has 2 rings (SSSR count). The summed E-state index contributed by atoms with van der Waals surface area (Å²) in [5, 5.41) is 2.90. The van der Waals surface area contributed by atoms with Crippen molar-refractivity contribution in [2.24, 2.45) is 0 Å². The smallest absolute Gasteiger partial charge is 0.251 e. The topological polar surface area (TPSA) is 55.1 Å². The summed E-state index contributed by atoms with van der Waals surface area (Å²) < 4.78 is 0. The predicted molar refractivity (Wildman–Crippen MR) is 77.9 cm³/mol. The highest BCUT2D eigenvalue weighted by Gasteiger charge is 2.05. The minimum atomic E-state index is -0.0850. The van der Waals surface area contributed by atoms with E-state index in [2.05, 4.69) is 31.3 Å². The van der Waals surface area contributed by atoms with E-state index in [1.165, 1.54) is 11.1 Å². The summed E-state index contributed by atoms with van der Waals surface area (Å²) in [7, 11) is 0. The van der Waals surface area contributed by atoms with Gasteiger partial charge in [-0.2, -0.15) is 0 Å². The summed E-state index contributed by atoms with van der Waals surface area (Å²) in [5.74, 6) is -0.0850. The molecule has 2 aromatic rings. The second-order valence-electron chi connectivity index (χ2n) is 4.72. The molecule has 0 aliphatic heterocycles. The van der Waals surface area contributed by atoms with Crippen LogP contribution in [-0.4, -0.2) is 5.91 Å². The number of carbonyl (C=O) groups is 1. The number of carbonyl (C=O) groups excluding carboxylic acids is 1. The highest BCUT2D eigenvalue weighted by molar-refractivity contribution is 5.94. The maximum Gasteiger partial charge on any atom is 0.251 e. The van der Waals surface area contributed by atoms with Gasteiger partial charge in [-0.25, -0.2) is 0 Å². The van der Waals surface area contributed by atoms with Crippen molar-refractivity contribution in [3.63, 3.8) is 0 Å². The normalized spacial score (nSPS) is 10.2. The van der Waals surface area contributed by atoms with Gasteiger partial charge in [0.05, 0.1) is 0 Å². The standard InChI is InChI=1S/C16H18N2O/c1-11-3-4-13(9-12(11)2)10-18-16(19)14-5-7-15(17)8-6-14/h3-9H,10,17H2,1-2H3,(H,18,19). The lowest BCUT2D eigenvalue weighted by Crippen LogP contribution is -2.22. The van der Waals surface area contributed by atoms with Gasteiger partial charge in [0, 0.05) is 17.8 Å². The van der Waals surface area contributed by atoms with Crippen LogP contribution in [0.2, 0.25) is 0 Å². The van der Waals surface area contributed by atoms with E-state index in [9.17, 15) is 4.79 Å². The first-order valence-corrected chi connectivity index (χ1v) is 6.26. The zero-order valence-electron chi connectivity index (χ0n) is 11.2. The van der Waals surface area contributed by atoms with Gasteiger partial charge in [0.25, 0.3) is 5.91 Å². The number of rotatable bonds is 3. The van der Waals surface area contributed by atoms with Crippen LogP contribution in [0.4, 0.5) is 5.69 Å². The average molecular weight is 254 g/mol. The van der Waals surface area contributed by atoms with E-state index in [1.807, 2.05) is 6.07 Å². The number of aryl methyl sites for hydroxylation is 2. The molecule has 3 N–H and O–H groups in total. The molecular weight excluding hydrogens is 236 g/mol. The van der Waals surface area contributed by atoms with Gasteiger partial charge in [-0.05, 0) is 54.8 Å². The van der Waals surface area contributed by atoms with Crippen molar-refractivity contribution < 1.29 is 4.79 Å². The average Bonchev–Trinajstić information content (AvgIpc) is 2.40. The molecule has 3 heteroatoms. The molecular formula is C16H18N2O. The number of anilines is 1. The molecule has 0 spiro atoms. The zero-order chi connectivity index (χ0) is 13.8. The third-order valence-corrected chi connectivity index (χ3v) is 3.20. The van der Waals surface area contributed by atoms with Crippen LogP contribution in [-0.2, 0) is 6.54 Å². The molecule has 0 bridgehead atoms. The van der Waals surface area contributed by atoms with E-state index in [4.69, 9.17) is 5.73 Å². The molecule has 19 heavy (non-hydrogen) atoms. The SMILES string of the molecule is Cc1ccc(CNC(=O)c2ccc(N)cc2)cc1C. The van der Waals surface area contributed by atoms with E-state index < -0.39 is 0 Å². The number of nitrogens with two attached hydrogens (primary N) is 1. The summed E-state index contributed by atoms with van der Waals surface area (Å²) in [5.41, 5.74) is 10.5. The first-order chi connectivity index (χ1) is 9.06. The number of nitrogens with one attached hydrogen (secondary N) is 1. The lowest BCUT2D eigenvalue weighted by Gasteiger charge is -2.08. The van der Waals surface area contributed by atoms with Crippen LogP contribution in [0.3, 0.4) is 0 Å². The summed E-state index contributed by atoms with van der Waals surface area (Å²) in [6, 6.07) is 13.1. The highest BCUT2D eigenvalue weighted by atomic mass is 16.1. The van der Waals surface area contributed by atoms with Gasteiger partial charge in [0.1, 0.15) is 0 Å². The largest absolute Gasteiger partial charge is 0.399 e. The molecule has 0 fully saturated rings. The van der Waals surface area contributed by atoms with Gasteiger partial charge in [-0.3, -0.25) is 4.79 Å². The Balaban J connectivity index is 2.00. The van der Waals surface area contributed by atoms with E-state index in [1.54, 1.807) is 24.3 Å². The molecule has 2 aromatic carbocycles. The Hall–Kier alpha value is -2.29. The first kappa shape index (κ1) is 13.1. The van der Waals surface area contributed by atoms with Crippen LogP contribution in [0.25, 0.3) is 0 Å². The fourth-order valence-electron chi connectivity index (χ4n) is 1.83. The molecule has 0 radical (unpaired) electrons. The van der Waals surface area contributed by atoms with Gasteiger partial charge < -0.3 is 11.1 Å². The second kappa shape index (κ2) is 5.57. The number of nitrogen functional groups attached to an aromatic ring is 1. The molecule has 1 amide bonds. The Morgan fingerprint density at radius 3 is 2.37 bits per heavy atom. The molecule has 0 heterocycles. The fourth-order valence-corrected chi connectivity index (χ4v) is 1.83. The van der Waals surface area contributed by atoms with Crippen LogP contribution >= 0.6 is 0 Å². The second-order valence-corrected chi connectivity index (χ2v) is 4.72. The number of benzene rings is 2. The first-order valence-electron chi connectivity index (χ1n) is 6.26. The molecule has 0 unspecified atom stereocenters. The molecule has 0 saturated heterocycles. The summed E-state index contributed by atoms with van der Waals surface area (Å²) >= 11 is 0. The number of amides is 1. The molecule has 0 aromatic heterocycles. The third kappa shape index (κ3) is 3.35. The molecule has 98 valence electrons. The van der Waals surface area contributed by atoms with E-state index in [-0.39, 0.29) is 5.91 Å². The van der Waals surface area contributed by atoms with Crippen LogP contribution in [0.5, 0.6) is 0 Å². The van der Waals surface area contributed by atoms with E-state index in [0.29, 0.717) is 17.8 Å². The maximum atomic E-state index is 11.9. The summed E-state index contributed by atoms with van der Waals surface area (Å²) in [4.78, 5) is 11.9. The van der Waals surface area contributed by atoms with Crippen LogP contribution in [0, 0.1) is 13.8 Å². The lowest BCUT2D eigenvalue weighted by molar-refractivity contribution is 0.0951. The zero-order valence-corrected chi connectivity index (χ0v) is 11.2. The summed E-state index contributed by atoms with van der Waals surface area (Å²) in [6.45, 7) is 4.68. The Morgan fingerprint density at radius 1 is 1.05 bits per heavy atom. The van der Waals surface area contributed by atoms with Gasteiger partial charge >= 0.3 is 0 Å². The third-order valence-electron chi connectivity index (χ3n) is 3.20.